The van der Waals surface area contributed by atoms with Crippen molar-refractivity contribution in [2.75, 3.05) is 7.11 Å². The van der Waals surface area contributed by atoms with E-state index in [1.807, 2.05) is 0 Å². The summed E-state index contributed by atoms with van der Waals surface area (Å²) in [5.41, 5.74) is 2.44. The molecule has 0 radical (unpaired) electrons. The number of ether oxygens (including phenoxy) is 2. The van der Waals surface area contributed by atoms with Gasteiger partial charge < -0.3 is 9.47 Å². The van der Waals surface area contributed by atoms with E-state index < -0.39 is 0 Å². The lowest BCUT2D eigenvalue weighted by Gasteiger charge is -2.15. The highest BCUT2D eigenvalue weighted by Gasteiger charge is 2.19. The Balaban J connectivity index is 3.31. The van der Waals surface area contributed by atoms with E-state index in [0.29, 0.717) is 11.3 Å². The van der Waals surface area contributed by atoms with Gasteiger partial charge in [-0.1, -0.05) is 26.7 Å². The zero-order valence-corrected chi connectivity index (χ0v) is 14.0. The van der Waals surface area contributed by atoms with Crippen molar-refractivity contribution >= 4 is 11.9 Å². The predicted octanol–water partition coefficient (Wildman–Crippen LogP) is 4.08. The number of unbranched alkanes of at least 4 members (excludes halogenated alkanes) is 2. The molecule has 122 valence electrons. The Kier molecular flexibility index (Phi) is 7.64. The fraction of sp³-hybridized carbons (Fsp3) is 0.556. The number of hydrogen-bond donors (Lipinski definition) is 0. The molecule has 0 aliphatic carbocycles. The van der Waals surface area contributed by atoms with Gasteiger partial charge in [-0.3, -0.25) is 4.79 Å². The van der Waals surface area contributed by atoms with E-state index in [1.54, 1.807) is 12.1 Å². The molecule has 0 heterocycles. The minimum absolute atomic E-state index is 0.313. The van der Waals surface area contributed by atoms with Gasteiger partial charge in [0.1, 0.15) is 5.75 Å². The standard InChI is InChI=1S/C18H26O4/c1-5-7-9-14-11-16(22-13(3)19)12-15(10-8-6-2)17(14)18(20)21-4/h11-12H,5-10H2,1-4H3. The highest BCUT2D eigenvalue weighted by molar-refractivity contribution is 5.93. The molecule has 0 spiro atoms. The van der Waals surface area contributed by atoms with Crippen molar-refractivity contribution in [3.63, 3.8) is 0 Å². The minimum atomic E-state index is -0.353. The smallest absolute Gasteiger partial charge is 0.338 e. The summed E-state index contributed by atoms with van der Waals surface area (Å²) < 4.78 is 10.2. The van der Waals surface area contributed by atoms with Crippen molar-refractivity contribution in [2.24, 2.45) is 0 Å². The van der Waals surface area contributed by atoms with Crippen molar-refractivity contribution in [1.82, 2.24) is 0 Å². The highest BCUT2D eigenvalue weighted by atomic mass is 16.5. The summed E-state index contributed by atoms with van der Waals surface area (Å²) in [6, 6.07) is 3.58. The SMILES string of the molecule is CCCCc1cc(OC(C)=O)cc(CCCC)c1C(=O)OC. The lowest BCUT2D eigenvalue weighted by molar-refractivity contribution is -0.131. The van der Waals surface area contributed by atoms with Gasteiger partial charge in [-0.25, -0.2) is 4.79 Å². The van der Waals surface area contributed by atoms with Crippen molar-refractivity contribution in [3.8, 4) is 5.75 Å². The molecule has 1 aromatic rings. The zero-order chi connectivity index (χ0) is 16.5. The number of carbonyl (C=O) groups is 2. The third-order valence-electron chi connectivity index (χ3n) is 3.53. The summed E-state index contributed by atoms with van der Waals surface area (Å²) >= 11 is 0. The molecule has 0 N–H and O–H groups in total. The average molecular weight is 306 g/mol. The van der Waals surface area contributed by atoms with E-state index in [0.717, 1.165) is 49.7 Å². The maximum atomic E-state index is 12.2. The Bertz CT molecular complexity index is 491. The first-order valence-electron chi connectivity index (χ1n) is 7.95. The number of benzene rings is 1. The minimum Gasteiger partial charge on any atom is -0.465 e. The van der Waals surface area contributed by atoms with Crippen LogP contribution in [0.1, 0.15) is 67.9 Å². The fourth-order valence-corrected chi connectivity index (χ4v) is 2.45. The van der Waals surface area contributed by atoms with E-state index in [4.69, 9.17) is 9.47 Å². The second kappa shape index (κ2) is 9.23. The molecule has 0 aliphatic rings. The molecule has 1 rings (SSSR count). The number of esters is 2. The van der Waals surface area contributed by atoms with Crippen molar-refractivity contribution in [2.45, 2.75) is 59.3 Å². The van der Waals surface area contributed by atoms with Crippen LogP contribution in [0, 0.1) is 0 Å². The van der Waals surface area contributed by atoms with Gasteiger partial charge in [-0.05, 0) is 48.9 Å². The Morgan fingerprint density at radius 3 is 1.86 bits per heavy atom. The summed E-state index contributed by atoms with van der Waals surface area (Å²) in [5.74, 6) is -0.155. The highest BCUT2D eigenvalue weighted by Crippen LogP contribution is 2.27. The predicted molar refractivity (Wildman–Crippen MR) is 86.3 cm³/mol. The Hall–Kier alpha value is -1.84. The number of methoxy groups -OCH3 is 1. The lowest BCUT2D eigenvalue weighted by atomic mass is 9.93. The molecule has 0 saturated carbocycles. The molecule has 0 aromatic heterocycles. The second-order valence-electron chi connectivity index (χ2n) is 5.41. The molecule has 0 unspecified atom stereocenters. The van der Waals surface area contributed by atoms with Crippen LogP contribution in [0.25, 0.3) is 0 Å². The molecular weight excluding hydrogens is 280 g/mol. The molecule has 1 aromatic carbocycles. The topological polar surface area (TPSA) is 52.6 Å². The van der Waals surface area contributed by atoms with Crippen LogP contribution in [-0.2, 0) is 22.4 Å². The lowest BCUT2D eigenvalue weighted by Crippen LogP contribution is -2.12. The third-order valence-corrected chi connectivity index (χ3v) is 3.53. The number of hydrogen-bond acceptors (Lipinski definition) is 4. The van der Waals surface area contributed by atoms with Crippen LogP contribution in [0.2, 0.25) is 0 Å². The van der Waals surface area contributed by atoms with Gasteiger partial charge in [0.25, 0.3) is 0 Å². The first-order valence-corrected chi connectivity index (χ1v) is 7.95. The molecule has 4 heteroatoms. The van der Waals surface area contributed by atoms with Crippen molar-refractivity contribution < 1.29 is 19.1 Å². The van der Waals surface area contributed by atoms with Crippen LogP contribution in [-0.4, -0.2) is 19.0 Å². The van der Waals surface area contributed by atoms with E-state index in [9.17, 15) is 9.59 Å². The summed E-state index contributed by atoms with van der Waals surface area (Å²) in [4.78, 5) is 23.4. The van der Waals surface area contributed by atoms with Crippen LogP contribution < -0.4 is 4.74 Å². The molecule has 0 fully saturated rings. The molecule has 0 bridgehead atoms. The molecule has 22 heavy (non-hydrogen) atoms. The van der Waals surface area contributed by atoms with Gasteiger partial charge in [0.15, 0.2) is 0 Å². The first kappa shape index (κ1) is 18.2. The van der Waals surface area contributed by atoms with Crippen LogP contribution in [0.15, 0.2) is 12.1 Å². The van der Waals surface area contributed by atoms with Gasteiger partial charge in [0.05, 0.1) is 12.7 Å². The van der Waals surface area contributed by atoms with E-state index >= 15 is 0 Å². The number of aryl methyl sites for hydroxylation is 2. The molecule has 0 aliphatic heterocycles. The van der Waals surface area contributed by atoms with Gasteiger partial charge in [-0.2, -0.15) is 0 Å². The summed E-state index contributed by atoms with van der Waals surface area (Å²) in [6.07, 6.45) is 5.55. The molecular formula is C18H26O4. The van der Waals surface area contributed by atoms with Crippen LogP contribution >= 0.6 is 0 Å². The van der Waals surface area contributed by atoms with Gasteiger partial charge in [-0.15, -0.1) is 0 Å². The Labute approximate surface area is 132 Å². The van der Waals surface area contributed by atoms with E-state index in [-0.39, 0.29) is 11.9 Å². The van der Waals surface area contributed by atoms with Gasteiger partial charge in [0.2, 0.25) is 0 Å². The second-order valence-corrected chi connectivity index (χ2v) is 5.41. The van der Waals surface area contributed by atoms with Crippen LogP contribution in [0.3, 0.4) is 0 Å². The van der Waals surface area contributed by atoms with Crippen molar-refractivity contribution in [1.29, 1.82) is 0 Å². The van der Waals surface area contributed by atoms with E-state index in [2.05, 4.69) is 13.8 Å². The number of carbonyl (C=O) groups excluding carboxylic acids is 2. The average Bonchev–Trinajstić information content (AvgIpc) is 2.49. The maximum absolute atomic E-state index is 12.2. The monoisotopic (exact) mass is 306 g/mol. The summed E-state index contributed by atoms with van der Waals surface area (Å²) in [5, 5.41) is 0. The zero-order valence-electron chi connectivity index (χ0n) is 14.0. The van der Waals surface area contributed by atoms with Gasteiger partial charge >= 0.3 is 11.9 Å². The molecule has 0 atom stereocenters. The normalized spacial score (nSPS) is 10.4. The van der Waals surface area contributed by atoms with Crippen LogP contribution in [0.4, 0.5) is 0 Å². The summed E-state index contributed by atoms with van der Waals surface area (Å²) in [6.45, 7) is 5.59. The first-order chi connectivity index (χ1) is 10.5. The molecule has 0 saturated heterocycles. The largest absolute Gasteiger partial charge is 0.465 e. The third kappa shape index (κ3) is 5.17. The fourth-order valence-electron chi connectivity index (χ4n) is 2.45. The summed E-state index contributed by atoms with van der Waals surface area (Å²) in [7, 11) is 1.40. The molecule has 4 nitrogen and oxygen atoms in total. The van der Waals surface area contributed by atoms with E-state index in [1.165, 1.54) is 14.0 Å². The van der Waals surface area contributed by atoms with Crippen LogP contribution in [0.5, 0.6) is 5.75 Å². The Morgan fingerprint density at radius 2 is 1.50 bits per heavy atom. The maximum Gasteiger partial charge on any atom is 0.338 e. The van der Waals surface area contributed by atoms with Crippen molar-refractivity contribution in [3.05, 3.63) is 28.8 Å². The number of rotatable bonds is 8. The Morgan fingerprint density at radius 1 is 1.00 bits per heavy atom. The van der Waals surface area contributed by atoms with Gasteiger partial charge in [0, 0.05) is 6.92 Å². The molecule has 0 amide bonds. The quantitative estimate of drug-likeness (QED) is 0.536.